The van der Waals surface area contributed by atoms with Gasteiger partial charge in [0.25, 0.3) is 5.91 Å². The number of carbonyl (C=O) groups is 1. The second-order valence-corrected chi connectivity index (χ2v) is 8.21. The molecule has 3 rings (SSSR count). The molecule has 3 aromatic carbocycles. The van der Waals surface area contributed by atoms with Crippen LogP contribution < -0.4 is 19.6 Å². The highest BCUT2D eigenvalue weighted by atomic mass is 79.9. The van der Waals surface area contributed by atoms with Crippen molar-refractivity contribution in [1.82, 2.24) is 5.43 Å². The third-order valence-electron chi connectivity index (χ3n) is 4.39. The van der Waals surface area contributed by atoms with Gasteiger partial charge < -0.3 is 14.2 Å². The summed E-state index contributed by atoms with van der Waals surface area (Å²) in [7, 11) is 3.04. The van der Waals surface area contributed by atoms with Gasteiger partial charge in [-0.2, -0.15) is 5.10 Å². The molecule has 0 radical (unpaired) electrons. The predicted octanol–water partition coefficient (Wildman–Crippen LogP) is 6.12. The van der Waals surface area contributed by atoms with Crippen LogP contribution in [0.4, 0.5) is 0 Å². The maximum atomic E-state index is 12.5. The van der Waals surface area contributed by atoms with Crippen molar-refractivity contribution in [2.75, 3.05) is 14.2 Å². The Balaban J connectivity index is 1.78. The Bertz CT molecular complexity index is 1150. The van der Waals surface area contributed by atoms with Gasteiger partial charge in [0.05, 0.1) is 26.0 Å². The van der Waals surface area contributed by atoms with Crippen molar-refractivity contribution >= 4 is 51.3 Å². The molecule has 0 aliphatic carbocycles. The third-order valence-corrected chi connectivity index (χ3v) is 5.47. The van der Waals surface area contributed by atoms with E-state index in [1.807, 2.05) is 0 Å². The van der Waals surface area contributed by atoms with Gasteiger partial charge in [-0.05, 0) is 42.5 Å². The standard InChI is InChI=1S/C23H19BrCl2N2O4/c1-30-20-9-7-16(24)10-18(20)23(29)28-27-12-14-4-3-5-21(31-2)22(14)32-13-15-6-8-17(25)11-19(15)26/h3-12H,13H2,1-2H3,(H,28,29)/b27-12-. The van der Waals surface area contributed by atoms with Crippen LogP contribution in [-0.2, 0) is 6.61 Å². The van der Waals surface area contributed by atoms with Crippen molar-refractivity contribution in [1.29, 1.82) is 0 Å². The molecule has 32 heavy (non-hydrogen) atoms. The Kier molecular flexibility index (Phi) is 8.39. The number of methoxy groups -OCH3 is 2. The summed E-state index contributed by atoms with van der Waals surface area (Å²) in [6.07, 6.45) is 1.48. The fourth-order valence-corrected chi connectivity index (χ4v) is 3.64. The number of hydrogen-bond acceptors (Lipinski definition) is 5. The fraction of sp³-hybridized carbons (Fsp3) is 0.130. The Hall–Kier alpha value is -2.74. The minimum Gasteiger partial charge on any atom is -0.496 e. The number of nitrogens with one attached hydrogen (secondary N) is 1. The average Bonchev–Trinajstić information content (AvgIpc) is 2.78. The van der Waals surface area contributed by atoms with E-state index in [1.165, 1.54) is 13.3 Å². The van der Waals surface area contributed by atoms with Crippen LogP contribution in [0.25, 0.3) is 0 Å². The highest BCUT2D eigenvalue weighted by Gasteiger charge is 2.14. The van der Waals surface area contributed by atoms with Crippen LogP contribution in [0.15, 0.2) is 64.2 Å². The normalized spacial score (nSPS) is 10.8. The zero-order valence-corrected chi connectivity index (χ0v) is 20.3. The smallest absolute Gasteiger partial charge is 0.275 e. The minimum atomic E-state index is -0.419. The van der Waals surface area contributed by atoms with Gasteiger partial charge in [0.15, 0.2) is 11.5 Å². The monoisotopic (exact) mass is 536 g/mol. The van der Waals surface area contributed by atoms with Crippen molar-refractivity contribution in [2.45, 2.75) is 6.61 Å². The van der Waals surface area contributed by atoms with Crippen LogP contribution >= 0.6 is 39.1 Å². The van der Waals surface area contributed by atoms with Crippen molar-refractivity contribution in [3.05, 3.63) is 85.8 Å². The summed E-state index contributed by atoms with van der Waals surface area (Å²) in [6.45, 7) is 0.193. The van der Waals surface area contributed by atoms with E-state index in [0.29, 0.717) is 38.4 Å². The quantitative estimate of drug-likeness (QED) is 0.278. The van der Waals surface area contributed by atoms with Crippen LogP contribution in [0.1, 0.15) is 21.5 Å². The van der Waals surface area contributed by atoms with E-state index in [2.05, 4.69) is 26.5 Å². The lowest BCUT2D eigenvalue weighted by atomic mass is 10.2. The number of nitrogens with zero attached hydrogens (tertiary/aromatic N) is 1. The van der Waals surface area contributed by atoms with Crippen molar-refractivity contribution < 1.29 is 19.0 Å². The summed E-state index contributed by atoms with van der Waals surface area (Å²) in [5, 5.41) is 5.11. The molecule has 1 N–H and O–H groups in total. The van der Waals surface area contributed by atoms with Crippen molar-refractivity contribution in [3.63, 3.8) is 0 Å². The molecule has 6 nitrogen and oxygen atoms in total. The van der Waals surface area contributed by atoms with Crippen molar-refractivity contribution in [2.24, 2.45) is 5.10 Å². The molecule has 3 aromatic rings. The summed E-state index contributed by atoms with van der Waals surface area (Å²) in [6, 6.07) is 15.7. The zero-order chi connectivity index (χ0) is 23.1. The Morgan fingerprint density at radius 2 is 1.84 bits per heavy atom. The summed E-state index contributed by atoms with van der Waals surface area (Å²) in [4.78, 5) is 12.5. The molecular weight excluding hydrogens is 519 g/mol. The first-order valence-corrected chi connectivity index (χ1v) is 10.9. The van der Waals surface area contributed by atoms with E-state index in [4.69, 9.17) is 37.4 Å². The van der Waals surface area contributed by atoms with Crippen LogP contribution in [0, 0.1) is 0 Å². The lowest BCUT2D eigenvalue weighted by Crippen LogP contribution is -2.18. The maximum absolute atomic E-state index is 12.5. The molecule has 1 amide bonds. The number of benzene rings is 3. The molecule has 0 bridgehead atoms. The van der Waals surface area contributed by atoms with E-state index in [9.17, 15) is 4.79 Å². The van der Waals surface area contributed by atoms with Crippen LogP contribution in [0.2, 0.25) is 10.0 Å². The molecular formula is C23H19BrCl2N2O4. The van der Waals surface area contributed by atoms with Crippen molar-refractivity contribution in [3.8, 4) is 17.2 Å². The molecule has 0 aliphatic rings. The predicted molar refractivity (Wildman–Crippen MR) is 130 cm³/mol. The first-order chi connectivity index (χ1) is 15.4. The number of hydrogen-bond donors (Lipinski definition) is 1. The summed E-state index contributed by atoms with van der Waals surface area (Å²) < 4.78 is 17.4. The van der Waals surface area contributed by atoms with Gasteiger partial charge in [0.1, 0.15) is 12.4 Å². The van der Waals surface area contributed by atoms with E-state index >= 15 is 0 Å². The molecule has 0 aliphatic heterocycles. The van der Waals surface area contributed by atoms with Gasteiger partial charge >= 0.3 is 0 Å². The van der Waals surface area contributed by atoms with Crippen LogP contribution in [0.5, 0.6) is 17.2 Å². The number of amides is 1. The van der Waals surface area contributed by atoms with Crippen LogP contribution in [0.3, 0.4) is 0 Å². The number of carbonyl (C=O) groups excluding carboxylic acids is 1. The number of para-hydroxylation sites is 1. The second kappa shape index (κ2) is 11.2. The second-order valence-electron chi connectivity index (χ2n) is 6.45. The first kappa shape index (κ1) is 23.9. The largest absolute Gasteiger partial charge is 0.496 e. The zero-order valence-electron chi connectivity index (χ0n) is 17.2. The van der Waals surface area contributed by atoms with E-state index in [0.717, 1.165) is 10.0 Å². The molecule has 9 heteroatoms. The van der Waals surface area contributed by atoms with Gasteiger partial charge in [-0.3, -0.25) is 4.79 Å². The number of ether oxygens (including phenoxy) is 3. The van der Waals surface area contributed by atoms with Gasteiger partial charge in [-0.25, -0.2) is 5.43 Å². The molecule has 0 atom stereocenters. The average molecular weight is 538 g/mol. The maximum Gasteiger partial charge on any atom is 0.275 e. The van der Waals surface area contributed by atoms with Gasteiger partial charge in [-0.15, -0.1) is 0 Å². The molecule has 0 aromatic heterocycles. The summed E-state index contributed by atoms with van der Waals surface area (Å²) >= 11 is 15.5. The van der Waals surface area contributed by atoms with Crippen LogP contribution in [-0.4, -0.2) is 26.3 Å². The van der Waals surface area contributed by atoms with Gasteiger partial charge in [-0.1, -0.05) is 51.3 Å². The molecule has 0 fully saturated rings. The molecule has 0 saturated heterocycles. The SMILES string of the molecule is COc1ccc(Br)cc1C(=O)N/N=C\c1cccc(OC)c1OCc1ccc(Cl)cc1Cl. The van der Waals surface area contributed by atoms with E-state index in [-0.39, 0.29) is 6.61 Å². The van der Waals surface area contributed by atoms with Gasteiger partial charge in [0, 0.05) is 25.6 Å². The lowest BCUT2D eigenvalue weighted by Gasteiger charge is -2.14. The summed E-state index contributed by atoms with van der Waals surface area (Å²) in [5.41, 5.74) is 4.22. The Morgan fingerprint density at radius 3 is 2.56 bits per heavy atom. The van der Waals surface area contributed by atoms with E-state index in [1.54, 1.807) is 61.7 Å². The highest BCUT2D eigenvalue weighted by molar-refractivity contribution is 9.10. The van der Waals surface area contributed by atoms with Gasteiger partial charge in [0.2, 0.25) is 0 Å². The molecule has 0 heterocycles. The Morgan fingerprint density at radius 1 is 1.06 bits per heavy atom. The van der Waals surface area contributed by atoms with E-state index < -0.39 is 5.91 Å². The summed E-state index contributed by atoms with van der Waals surface area (Å²) in [5.74, 6) is 0.988. The first-order valence-electron chi connectivity index (χ1n) is 9.33. The fourth-order valence-electron chi connectivity index (χ4n) is 2.82. The Labute approximate surface area is 204 Å². The number of halogens is 3. The third kappa shape index (κ3) is 5.94. The highest BCUT2D eigenvalue weighted by Crippen LogP contribution is 2.32. The minimum absolute atomic E-state index is 0.193. The number of hydrazone groups is 1. The number of rotatable bonds is 8. The topological polar surface area (TPSA) is 69.2 Å². The molecule has 0 spiro atoms. The molecule has 0 saturated carbocycles. The molecule has 166 valence electrons. The lowest BCUT2D eigenvalue weighted by molar-refractivity contribution is 0.0952. The molecule has 0 unspecified atom stereocenters.